The Hall–Kier alpha value is -2.36. The molecule has 0 atom stereocenters. The van der Waals surface area contributed by atoms with Crippen LogP contribution in [-0.4, -0.2) is 17.4 Å². The van der Waals surface area contributed by atoms with Gasteiger partial charge in [0.05, 0.1) is 17.4 Å². The number of anilines is 2. The van der Waals surface area contributed by atoms with Crippen LogP contribution >= 0.6 is 0 Å². The lowest BCUT2D eigenvalue weighted by Crippen LogP contribution is -2.15. The minimum atomic E-state index is -0.126. The summed E-state index contributed by atoms with van der Waals surface area (Å²) < 4.78 is 0. The standard InChI is InChI=1S/C17H21N3O/c1-4-9-18-16-10-12(2)5-8-15(16)17(21)20-14-7-6-13(3)19-11-14/h5-8,10-11,18H,4,9H2,1-3H3,(H,20,21). The van der Waals surface area contributed by atoms with E-state index in [1.807, 2.05) is 44.2 Å². The van der Waals surface area contributed by atoms with Gasteiger partial charge in [0.2, 0.25) is 0 Å². The van der Waals surface area contributed by atoms with E-state index in [2.05, 4.69) is 22.5 Å². The van der Waals surface area contributed by atoms with Gasteiger partial charge in [0, 0.05) is 17.9 Å². The summed E-state index contributed by atoms with van der Waals surface area (Å²) in [4.78, 5) is 16.6. The molecule has 0 aliphatic heterocycles. The van der Waals surface area contributed by atoms with Gasteiger partial charge in [-0.25, -0.2) is 0 Å². The zero-order chi connectivity index (χ0) is 15.2. The molecular formula is C17H21N3O. The lowest BCUT2D eigenvalue weighted by molar-refractivity contribution is 0.102. The van der Waals surface area contributed by atoms with Crippen LogP contribution in [0.25, 0.3) is 0 Å². The first-order valence-corrected chi connectivity index (χ1v) is 7.18. The second kappa shape index (κ2) is 6.88. The van der Waals surface area contributed by atoms with Crippen LogP contribution < -0.4 is 10.6 Å². The molecule has 0 bridgehead atoms. The summed E-state index contributed by atoms with van der Waals surface area (Å²) in [5.74, 6) is -0.126. The van der Waals surface area contributed by atoms with Gasteiger partial charge in [-0.3, -0.25) is 9.78 Å². The van der Waals surface area contributed by atoms with Crippen LogP contribution in [0.3, 0.4) is 0 Å². The van der Waals surface area contributed by atoms with E-state index < -0.39 is 0 Å². The van der Waals surface area contributed by atoms with Crippen molar-refractivity contribution in [3.8, 4) is 0 Å². The Morgan fingerprint density at radius 2 is 2.00 bits per heavy atom. The molecule has 1 aromatic heterocycles. The third-order valence-electron chi connectivity index (χ3n) is 3.15. The van der Waals surface area contributed by atoms with E-state index in [0.717, 1.165) is 29.9 Å². The first-order valence-electron chi connectivity index (χ1n) is 7.18. The van der Waals surface area contributed by atoms with Crippen molar-refractivity contribution in [3.05, 3.63) is 53.3 Å². The second-order valence-corrected chi connectivity index (χ2v) is 5.12. The zero-order valence-corrected chi connectivity index (χ0v) is 12.7. The van der Waals surface area contributed by atoms with Crippen molar-refractivity contribution in [1.82, 2.24) is 4.98 Å². The highest BCUT2D eigenvalue weighted by atomic mass is 16.1. The van der Waals surface area contributed by atoms with Gasteiger partial charge in [0.1, 0.15) is 0 Å². The average molecular weight is 283 g/mol. The molecule has 4 nitrogen and oxygen atoms in total. The van der Waals surface area contributed by atoms with Crippen LogP contribution in [0, 0.1) is 13.8 Å². The molecule has 2 rings (SSSR count). The van der Waals surface area contributed by atoms with Crippen LogP contribution in [-0.2, 0) is 0 Å². The molecule has 4 heteroatoms. The molecule has 1 aromatic carbocycles. The van der Waals surface area contributed by atoms with Gasteiger partial charge >= 0.3 is 0 Å². The fourth-order valence-corrected chi connectivity index (χ4v) is 2.00. The van der Waals surface area contributed by atoms with Gasteiger partial charge < -0.3 is 10.6 Å². The summed E-state index contributed by atoms with van der Waals surface area (Å²) >= 11 is 0. The number of aromatic nitrogens is 1. The maximum Gasteiger partial charge on any atom is 0.257 e. The topological polar surface area (TPSA) is 54.0 Å². The Kier molecular flexibility index (Phi) is 4.93. The molecule has 0 saturated heterocycles. The molecule has 1 amide bonds. The van der Waals surface area contributed by atoms with E-state index in [1.54, 1.807) is 6.20 Å². The number of pyridine rings is 1. The normalized spacial score (nSPS) is 10.2. The van der Waals surface area contributed by atoms with E-state index in [-0.39, 0.29) is 5.91 Å². The van der Waals surface area contributed by atoms with Gasteiger partial charge in [0.15, 0.2) is 0 Å². The summed E-state index contributed by atoms with van der Waals surface area (Å²) in [5.41, 5.74) is 4.27. The largest absolute Gasteiger partial charge is 0.384 e. The van der Waals surface area contributed by atoms with Crippen molar-refractivity contribution in [2.24, 2.45) is 0 Å². The zero-order valence-electron chi connectivity index (χ0n) is 12.7. The molecule has 2 N–H and O–H groups in total. The SMILES string of the molecule is CCCNc1cc(C)ccc1C(=O)Nc1ccc(C)nc1. The minimum Gasteiger partial charge on any atom is -0.384 e. The number of carbonyl (C=O) groups excluding carboxylic acids is 1. The Labute approximate surface area is 125 Å². The van der Waals surface area contributed by atoms with Gasteiger partial charge in [-0.15, -0.1) is 0 Å². The Bertz CT molecular complexity index is 620. The Morgan fingerprint density at radius 1 is 1.19 bits per heavy atom. The number of amides is 1. The van der Waals surface area contributed by atoms with E-state index in [1.165, 1.54) is 0 Å². The lowest BCUT2D eigenvalue weighted by Gasteiger charge is -2.12. The fraction of sp³-hybridized carbons (Fsp3) is 0.294. The van der Waals surface area contributed by atoms with Crippen molar-refractivity contribution in [2.75, 3.05) is 17.2 Å². The monoisotopic (exact) mass is 283 g/mol. The number of hydrogen-bond donors (Lipinski definition) is 2. The van der Waals surface area contributed by atoms with Crippen molar-refractivity contribution in [1.29, 1.82) is 0 Å². The number of rotatable bonds is 5. The Morgan fingerprint density at radius 3 is 2.67 bits per heavy atom. The number of nitrogens with zero attached hydrogens (tertiary/aromatic N) is 1. The van der Waals surface area contributed by atoms with Crippen LogP contribution in [0.1, 0.15) is 35.0 Å². The minimum absolute atomic E-state index is 0.126. The maximum absolute atomic E-state index is 12.4. The quantitative estimate of drug-likeness (QED) is 0.878. The van der Waals surface area contributed by atoms with E-state index in [4.69, 9.17) is 0 Å². The predicted octanol–water partition coefficient (Wildman–Crippen LogP) is 3.77. The van der Waals surface area contributed by atoms with Gasteiger partial charge in [-0.05, 0) is 50.1 Å². The van der Waals surface area contributed by atoms with Crippen LogP contribution in [0.4, 0.5) is 11.4 Å². The highest BCUT2D eigenvalue weighted by molar-refractivity contribution is 6.08. The van der Waals surface area contributed by atoms with Crippen molar-refractivity contribution in [3.63, 3.8) is 0 Å². The van der Waals surface area contributed by atoms with Crippen molar-refractivity contribution in [2.45, 2.75) is 27.2 Å². The second-order valence-electron chi connectivity index (χ2n) is 5.12. The van der Waals surface area contributed by atoms with Gasteiger partial charge in [0.25, 0.3) is 5.91 Å². The molecule has 0 aliphatic carbocycles. The maximum atomic E-state index is 12.4. The number of benzene rings is 1. The highest BCUT2D eigenvalue weighted by Gasteiger charge is 2.11. The lowest BCUT2D eigenvalue weighted by atomic mass is 10.1. The number of aryl methyl sites for hydroxylation is 2. The Balaban J connectivity index is 2.19. The molecule has 0 saturated carbocycles. The molecule has 0 spiro atoms. The number of hydrogen-bond acceptors (Lipinski definition) is 3. The molecule has 0 radical (unpaired) electrons. The summed E-state index contributed by atoms with van der Waals surface area (Å²) in [5, 5.41) is 6.18. The molecule has 0 aliphatic rings. The summed E-state index contributed by atoms with van der Waals surface area (Å²) in [6, 6.07) is 9.52. The van der Waals surface area contributed by atoms with E-state index >= 15 is 0 Å². The van der Waals surface area contributed by atoms with Crippen LogP contribution in [0.2, 0.25) is 0 Å². The van der Waals surface area contributed by atoms with Gasteiger partial charge in [-0.2, -0.15) is 0 Å². The van der Waals surface area contributed by atoms with Crippen LogP contribution in [0.15, 0.2) is 36.5 Å². The average Bonchev–Trinajstić information content (AvgIpc) is 2.47. The molecular weight excluding hydrogens is 262 g/mol. The number of carbonyl (C=O) groups is 1. The van der Waals surface area contributed by atoms with Crippen LogP contribution in [0.5, 0.6) is 0 Å². The van der Waals surface area contributed by atoms with Gasteiger partial charge in [-0.1, -0.05) is 13.0 Å². The smallest absolute Gasteiger partial charge is 0.257 e. The fourth-order valence-electron chi connectivity index (χ4n) is 2.00. The molecule has 0 fully saturated rings. The van der Waals surface area contributed by atoms with E-state index in [9.17, 15) is 4.79 Å². The predicted molar refractivity (Wildman–Crippen MR) is 86.9 cm³/mol. The molecule has 110 valence electrons. The molecule has 21 heavy (non-hydrogen) atoms. The van der Waals surface area contributed by atoms with E-state index in [0.29, 0.717) is 11.3 Å². The molecule has 1 heterocycles. The number of nitrogens with one attached hydrogen (secondary N) is 2. The van der Waals surface area contributed by atoms with Crippen molar-refractivity contribution < 1.29 is 4.79 Å². The third-order valence-corrected chi connectivity index (χ3v) is 3.15. The molecule has 0 unspecified atom stereocenters. The third kappa shape index (κ3) is 4.05. The first-order chi connectivity index (χ1) is 10.1. The summed E-state index contributed by atoms with van der Waals surface area (Å²) in [6.07, 6.45) is 2.68. The molecule has 2 aromatic rings. The summed E-state index contributed by atoms with van der Waals surface area (Å²) in [7, 11) is 0. The summed E-state index contributed by atoms with van der Waals surface area (Å²) in [6.45, 7) is 6.87. The highest BCUT2D eigenvalue weighted by Crippen LogP contribution is 2.19. The first kappa shape index (κ1) is 15.0. The van der Waals surface area contributed by atoms with Crippen molar-refractivity contribution >= 4 is 17.3 Å².